The highest BCUT2D eigenvalue weighted by molar-refractivity contribution is 5.58. The Bertz CT molecular complexity index is 483. The number of fused-ring (bicyclic) bond motifs is 1. The van der Waals surface area contributed by atoms with E-state index < -0.39 is 0 Å². The Kier molecular flexibility index (Phi) is 1.21. The van der Waals surface area contributed by atoms with Crippen molar-refractivity contribution in [3.05, 3.63) is 28.4 Å². The third-order valence-electron chi connectivity index (χ3n) is 1.81. The van der Waals surface area contributed by atoms with Gasteiger partial charge in [0, 0.05) is 5.56 Å². The normalized spacial score (nSPS) is 10.8. The van der Waals surface area contributed by atoms with Crippen molar-refractivity contribution in [2.24, 2.45) is 0 Å². The number of rotatable bonds is 0. The number of aromatic nitrogens is 3. The minimum atomic E-state index is -0.247. The molecule has 0 aliphatic carbocycles. The van der Waals surface area contributed by atoms with E-state index in [1.54, 1.807) is 6.92 Å². The summed E-state index contributed by atoms with van der Waals surface area (Å²) >= 11 is 0. The summed E-state index contributed by atoms with van der Waals surface area (Å²) in [6.45, 7) is 1.67. The van der Waals surface area contributed by atoms with Crippen LogP contribution in [0.15, 0.2) is 17.3 Å². The van der Waals surface area contributed by atoms with Gasteiger partial charge >= 0.3 is 0 Å². The first-order chi connectivity index (χ1) is 5.70. The maximum Gasteiger partial charge on any atom is 0.275 e. The summed E-state index contributed by atoms with van der Waals surface area (Å²) in [5.41, 5.74) is 0.683. The van der Waals surface area contributed by atoms with Crippen LogP contribution in [0.3, 0.4) is 0 Å². The van der Waals surface area contributed by atoms with E-state index in [1.807, 2.05) is 0 Å². The van der Waals surface area contributed by atoms with Gasteiger partial charge < -0.3 is 10.1 Å². The fourth-order valence-corrected chi connectivity index (χ4v) is 1.15. The molecule has 0 aliphatic rings. The van der Waals surface area contributed by atoms with Gasteiger partial charge in [-0.1, -0.05) is 0 Å². The molecule has 2 rings (SSSR count). The lowest BCUT2D eigenvalue weighted by molar-refractivity contribution is 0.471. The van der Waals surface area contributed by atoms with Gasteiger partial charge in [-0.25, -0.2) is 4.52 Å². The van der Waals surface area contributed by atoms with Crippen molar-refractivity contribution in [3.63, 3.8) is 0 Å². The van der Waals surface area contributed by atoms with Crippen molar-refractivity contribution < 1.29 is 5.11 Å². The minimum absolute atomic E-state index is 0.0826. The highest BCUT2D eigenvalue weighted by Gasteiger charge is 2.08. The van der Waals surface area contributed by atoms with Crippen LogP contribution in [0.25, 0.3) is 5.52 Å². The molecule has 2 aromatic rings. The quantitative estimate of drug-likeness (QED) is 0.548. The van der Waals surface area contributed by atoms with Crippen molar-refractivity contribution in [2.45, 2.75) is 6.92 Å². The van der Waals surface area contributed by atoms with Gasteiger partial charge in [-0.15, -0.1) is 0 Å². The summed E-state index contributed by atoms with van der Waals surface area (Å²) in [6.07, 6.45) is 2.69. The van der Waals surface area contributed by atoms with Crippen LogP contribution in [0.1, 0.15) is 5.56 Å². The monoisotopic (exact) mass is 170 g/mol. The van der Waals surface area contributed by atoms with Gasteiger partial charge in [0.2, 0.25) is 0 Å². The summed E-state index contributed by atoms with van der Waals surface area (Å²) in [5, 5.41) is 13.1. The molecule has 0 spiro atoms. The molecule has 2 aromatic heterocycles. The zero-order valence-electron chi connectivity index (χ0n) is 6.40. The Morgan fingerprint density at radius 2 is 2.42 bits per heavy atom. The molecule has 2 N–H and O–H groups in total. The molecule has 0 unspecified atom stereocenters. The summed E-state index contributed by atoms with van der Waals surface area (Å²) < 4.78 is 1.35. The smallest absolute Gasteiger partial charge is 0.275 e. The zero-order chi connectivity index (χ0) is 8.72. The molecule has 12 heavy (non-hydrogen) atoms. The topological polar surface area (TPSA) is 70.4 Å². The molecule has 0 aliphatic heterocycles. The average molecular weight is 170 g/mol. The van der Waals surface area contributed by atoms with E-state index in [9.17, 15) is 9.90 Å². The van der Waals surface area contributed by atoms with E-state index in [1.165, 1.54) is 17.0 Å². The molecule has 0 aromatic carbocycles. The van der Waals surface area contributed by atoms with E-state index in [4.69, 9.17) is 0 Å². The first kappa shape index (κ1) is 6.90. The molecule has 0 amide bonds. The molecule has 0 atom stereocenters. The van der Waals surface area contributed by atoms with E-state index in [0.29, 0.717) is 11.1 Å². The number of aromatic hydroxyl groups is 1. The Hall–Kier alpha value is -1.78. The summed E-state index contributed by atoms with van der Waals surface area (Å²) in [7, 11) is 0. The predicted octanol–water partition coefficient (Wildman–Crippen LogP) is 0.0366. The number of aryl methyl sites for hydroxylation is 1. The molecular formula is C7H7N3O2. The molecule has 0 saturated heterocycles. The largest absolute Gasteiger partial charge is 0.506 e. The third kappa shape index (κ3) is 0.730. The molecule has 0 saturated carbocycles. The van der Waals surface area contributed by atoms with Gasteiger partial charge in [0.15, 0.2) is 0 Å². The molecule has 5 nitrogen and oxygen atoms in total. The predicted molar refractivity (Wildman–Crippen MR) is 42.2 cm³/mol. The van der Waals surface area contributed by atoms with Crippen molar-refractivity contribution in [1.29, 1.82) is 0 Å². The van der Waals surface area contributed by atoms with Crippen LogP contribution in [0.2, 0.25) is 0 Å². The third-order valence-corrected chi connectivity index (χ3v) is 1.81. The molecule has 2 heterocycles. The fraction of sp³-hybridized carbons (Fsp3) is 0.143. The van der Waals surface area contributed by atoms with Gasteiger partial charge in [-0.2, -0.15) is 5.10 Å². The Morgan fingerprint density at radius 3 is 3.08 bits per heavy atom. The van der Waals surface area contributed by atoms with Gasteiger partial charge in [-0.3, -0.25) is 4.79 Å². The molecule has 62 valence electrons. The fourth-order valence-electron chi connectivity index (χ4n) is 1.15. The van der Waals surface area contributed by atoms with E-state index in [2.05, 4.69) is 10.1 Å². The van der Waals surface area contributed by atoms with Gasteiger partial charge in [0.25, 0.3) is 5.56 Å². The Labute approximate surface area is 67.3 Å². The minimum Gasteiger partial charge on any atom is -0.506 e. The first-order valence-corrected chi connectivity index (χ1v) is 3.45. The van der Waals surface area contributed by atoms with E-state index >= 15 is 0 Å². The highest BCUT2D eigenvalue weighted by Crippen LogP contribution is 2.18. The van der Waals surface area contributed by atoms with Crippen molar-refractivity contribution in [3.8, 4) is 5.75 Å². The molecule has 0 fully saturated rings. The van der Waals surface area contributed by atoms with Crippen molar-refractivity contribution in [2.75, 3.05) is 0 Å². The molecule has 5 heteroatoms. The lowest BCUT2D eigenvalue weighted by atomic mass is 10.7. The lowest BCUT2D eigenvalue weighted by Gasteiger charge is -1.89. The van der Waals surface area contributed by atoms with Crippen LogP contribution in [0.4, 0.5) is 0 Å². The lowest BCUT2D eigenvalue weighted by Crippen LogP contribution is -2.10. The van der Waals surface area contributed by atoms with Gasteiger partial charge in [0.05, 0.1) is 6.20 Å². The highest BCUT2D eigenvalue weighted by atomic mass is 16.3. The number of H-pyrrole nitrogens is 1. The van der Waals surface area contributed by atoms with Crippen LogP contribution in [0.5, 0.6) is 5.75 Å². The average Bonchev–Trinajstić information content (AvgIpc) is 2.29. The van der Waals surface area contributed by atoms with E-state index in [-0.39, 0.29) is 11.3 Å². The van der Waals surface area contributed by atoms with Crippen LogP contribution in [-0.2, 0) is 0 Å². The van der Waals surface area contributed by atoms with Crippen LogP contribution in [0, 0.1) is 6.92 Å². The number of nitrogens with one attached hydrogen (secondary N) is 1. The van der Waals surface area contributed by atoms with Crippen molar-refractivity contribution >= 4 is 5.52 Å². The summed E-state index contributed by atoms with van der Waals surface area (Å²) in [5.74, 6) is 0.0826. The number of aromatic amines is 1. The molecule has 0 radical (unpaired) electrons. The maximum atomic E-state index is 11.2. The summed E-state index contributed by atoms with van der Waals surface area (Å²) in [4.78, 5) is 13.6. The van der Waals surface area contributed by atoms with E-state index in [0.717, 1.165) is 0 Å². The second-order valence-corrected chi connectivity index (χ2v) is 2.55. The summed E-state index contributed by atoms with van der Waals surface area (Å²) in [6, 6.07) is 0. The first-order valence-electron chi connectivity index (χ1n) is 3.45. The van der Waals surface area contributed by atoms with Crippen LogP contribution in [-0.4, -0.2) is 19.7 Å². The van der Waals surface area contributed by atoms with Crippen LogP contribution >= 0.6 is 0 Å². The van der Waals surface area contributed by atoms with Gasteiger partial charge in [0.1, 0.15) is 17.6 Å². The van der Waals surface area contributed by atoms with Crippen molar-refractivity contribution in [1.82, 2.24) is 14.6 Å². The standard InChI is InChI=1S/C7H7N3O2/c1-4-5(11)2-10-6(4)7(12)8-3-9-10/h2-3,11H,1H3,(H,8,9,12)/i1+1,4+1,5+1,8+1,10+1. The van der Waals surface area contributed by atoms with Gasteiger partial charge in [-0.05, 0) is 6.92 Å². The number of hydrogen-bond acceptors (Lipinski definition) is 3. The molecular weight excluding hydrogens is 163 g/mol. The zero-order valence-corrected chi connectivity index (χ0v) is 6.40. The maximum absolute atomic E-state index is 11.2. The van der Waals surface area contributed by atoms with Crippen LogP contribution < -0.4 is 5.56 Å². The Morgan fingerprint density at radius 1 is 1.67 bits per heavy atom. The number of hydrogen-bond donors (Lipinski definition) is 2. The number of nitrogens with zero attached hydrogens (tertiary/aromatic N) is 2. The SMILES string of the molecule is [13CH3][13c]1c2c(=O)[15nH]cn[15n]2c[13c]1O. The second kappa shape index (κ2) is 2.10. The molecule has 0 bridgehead atoms. The second-order valence-electron chi connectivity index (χ2n) is 2.55. The Balaban J connectivity index is 3.07.